The molecule has 0 unspecified atom stereocenters. The van der Waals surface area contributed by atoms with Crippen molar-refractivity contribution in [2.75, 3.05) is 19.8 Å². The fourth-order valence-corrected chi connectivity index (χ4v) is 2.30. The van der Waals surface area contributed by atoms with Crippen LogP contribution in [0, 0.1) is 0 Å². The minimum absolute atomic E-state index is 1.26. The molecule has 0 amide bonds. The highest BCUT2D eigenvalue weighted by Crippen LogP contribution is 2.13. The molecule has 2 heteroatoms. The first-order chi connectivity index (χ1) is 5.34. The Balaban J connectivity index is 2.56. The number of hydrogen-bond donors (Lipinski definition) is 0. The standard InChI is InChI=1S/C9H18NS/c1-10-8-6-4-3-5-7-9(10)11-2/h3-8H2,1-2H3/q+1. The van der Waals surface area contributed by atoms with E-state index >= 15 is 0 Å². The van der Waals surface area contributed by atoms with E-state index in [4.69, 9.17) is 0 Å². The summed E-state index contributed by atoms with van der Waals surface area (Å²) in [5, 5.41) is 1.57. The van der Waals surface area contributed by atoms with Crippen LogP contribution in [0.5, 0.6) is 0 Å². The fourth-order valence-electron chi connectivity index (χ4n) is 1.55. The molecule has 0 radical (unpaired) electrons. The van der Waals surface area contributed by atoms with Crippen molar-refractivity contribution in [3.63, 3.8) is 0 Å². The Bertz CT molecular complexity index is 152. The highest BCUT2D eigenvalue weighted by Gasteiger charge is 2.11. The van der Waals surface area contributed by atoms with Gasteiger partial charge in [-0.3, -0.25) is 0 Å². The van der Waals surface area contributed by atoms with Gasteiger partial charge in [0.1, 0.15) is 13.6 Å². The largest absolute Gasteiger partial charge is 0.231 e. The Labute approximate surface area is 73.9 Å². The summed E-state index contributed by atoms with van der Waals surface area (Å²) in [6, 6.07) is 0. The average Bonchev–Trinajstić information content (AvgIpc) is 1.98. The van der Waals surface area contributed by atoms with Crippen molar-refractivity contribution in [1.82, 2.24) is 0 Å². The van der Waals surface area contributed by atoms with E-state index in [2.05, 4.69) is 17.9 Å². The maximum absolute atomic E-state index is 2.42. The average molecular weight is 172 g/mol. The Morgan fingerprint density at radius 3 is 2.64 bits per heavy atom. The molecule has 0 N–H and O–H groups in total. The van der Waals surface area contributed by atoms with E-state index in [1.54, 1.807) is 5.04 Å². The quantitative estimate of drug-likeness (QED) is 0.507. The van der Waals surface area contributed by atoms with E-state index < -0.39 is 0 Å². The van der Waals surface area contributed by atoms with Gasteiger partial charge in [0, 0.05) is 12.8 Å². The smallest absolute Gasteiger partial charge is 0.210 e. The molecule has 1 aliphatic heterocycles. The minimum atomic E-state index is 1.26. The van der Waals surface area contributed by atoms with E-state index in [9.17, 15) is 0 Å². The molecule has 0 aromatic heterocycles. The van der Waals surface area contributed by atoms with E-state index in [0.29, 0.717) is 0 Å². The van der Waals surface area contributed by atoms with Gasteiger partial charge in [0.05, 0.1) is 0 Å². The van der Waals surface area contributed by atoms with Crippen LogP contribution in [0.2, 0.25) is 0 Å². The van der Waals surface area contributed by atoms with Gasteiger partial charge < -0.3 is 0 Å². The molecule has 0 aromatic carbocycles. The van der Waals surface area contributed by atoms with Crippen molar-refractivity contribution in [3.8, 4) is 0 Å². The van der Waals surface area contributed by atoms with E-state index in [-0.39, 0.29) is 0 Å². The van der Waals surface area contributed by atoms with Gasteiger partial charge in [-0.1, -0.05) is 18.2 Å². The molecule has 0 fully saturated rings. The van der Waals surface area contributed by atoms with Gasteiger partial charge in [0.2, 0.25) is 5.04 Å². The lowest BCUT2D eigenvalue weighted by atomic mass is 10.1. The van der Waals surface area contributed by atoms with Crippen LogP contribution in [-0.2, 0) is 0 Å². The zero-order valence-electron chi connectivity index (χ0n) is 7.60. The monoisotopic (exact) mass is 172 g/mol. The number of hydrogen-bond acceptors (Lipinski definition) is 1. The van der Waals surface area contributed by atoms with Crippen molar-refractivity contribution < 1.29 is 4.58 Å². The topological polar surface area (TPSA) is 3.01 Å². The molecule has 11 heavy (non-hydrogen) atoms. The van der Waals surface area contributed by atoms with Crippen LogP contribution in [-0.4, -0.2) is 29.5 Å². The van der Waals surface area contributed by atoms with Crippen LogP contribution < -0.4 is 0 Å². The summed E-state index contributed by atoms with van der Waals surface area (Å²) < 4.78 is 2.42. The summed E-state index contributed by atoms with van der Waals surface area (Å²) in [4.78, 5) is 0. The van der Waals surface area contributed by atoms with Gasteiger partial charge in [-0.15, -0.1) is 0 Å². The lowest BCUT2D eigenvalue weighted by Gasteiger charge is -2.08. The van der Waals surface area contributed by atoms with Crippen LogP contribution in [0.1, 0.15) is 32.1 Å². The second kappa shape index (κ2) is 4.81. The van der Waals surface area contributed by atoms with E-state index in [1.165, 1.54) is 38.6 Å². The molecule has 0 atom stereocenters. The SMILES string of the molecule is CSC1=[N+](C)CCCCCC1. The molecule has 1 rings (SSSR count). The molecular weight excluding hydrogens is 154 g/mol. The number of thioether (sulfide) groups is 1. The predicted octanol–water partition coefficient (Wildman–Crippen LogP) is 2.35. The Kier molecular flexibility index (Phi) is 3.98. The van der Waals surface area contributed by atoms with Gasteiger partial charge in [-0.05, 0) is 19.1 Å². The Hall–Kier alpha value is 0.0200. The molecule has 0 saturated heterocycles. The third-order valence-electron chi connectivity index (χ3n) is 2.30. The van der Waals surface area contributed by atoms with Crippen LogP contribution >= 0.6 is 11.8 Å². The molecule has 0 aliphatic carbocycles. The zero-order chi connectivity index (χ0) is 8.10. The normalized spacial score (nSPS) is 21.3. The fraction of sp³-hybridized carbons (Fsp3) is 0.889. The third-order valence-corrected chi connectivity index (χ3v) is 3.28. The van der Waals surface area contributed by atoms with Crippen LogP contribution in [0.15, 0.2) is 0 Å². The molecule has 1 nitrogen and oxygen atoms in total. The van der Waals surface area contributed by atoms with Gasteiger partial charge in [0.15, 0.2) is 0 Å². The predicted molar refractivity (Wildman–Crippen MR) is 52.7 cm³/mol. The summed E-state index contributed by atoms with van der Waals surface area (Å²) >= 11 is 1.92. The second-order valence-corrected chi connectivity index (χ2v) is 4.06. The van der Waals surface area contributed by atoms with Crippen molar-refractivity contribution in [2.24, 2.45) is 0 Å². The molecule has 0 bridgehead atoms. The maximum Gasteiger partial charge on any atom is 0.210 e. The molecule has 1 heterocycles. The highest BCUT2D eigenvalue weighted by molar-refractivity contribution is 8.13. The minimum Gasteiger partial charge on any atom is -0.231 e. The maximum atomic E-state index is 2.42. The summed E-state index contributed by atoms with van der Waals surface area (Å²) in [6.07, 6.45) is 9.11. The van der Waals surface area contributed by atoms with Crippen molar-refractivity contribution >= 4 is 16.8 Å². The van der Waals surface area contributed by atoms with Crippen LogP contribution in [0.3, 0.4) is 0 Å². The Morgan fingerprint density at radius 2 is 1.91 bits per heavy atom. The van der Waals surface area contributed by atoms with Crippen molar-refractivity contribution in [3.05, 3.63) is 0 Å². The molecular formula is C9H18NS+. The first-order valence-electron chi connectivity index (χ1n) is 4.45. The second-order valence-electron chi connectivity index (χ2n) is 3.18. The number of nitrogens with zero attached hydrogens (tertiary/aromatic N) is 1. The molecule has 0 spiro atoms. The lowest BCUT2D eigenvalue weighted by Crippen LogP contribution is -2.17. The van der Waals surface area contributed by atoms with Gasteiger partial charge >= 0.3 is 0 Å². The molecule has 1 aliphatic rings. The molecule has 64 valence electrons. The van der Waals surface area contributed by atoms with Crippen LogP contribution in [0.4, 0.5) is 0 Å². The van der Waals surface area contributed by atoms with Crippen LogP contribution in [0.25, 0.3) is 0 Å². The first-order valence-corrected chi connectivity index (χ1v) is 5.68. The molecule has 0 aromatic rings. The van der Waals surface area contributed by atoms with Gasteiger partial charge in [-0.25, -0.2) is 4.58 Å². The first kappa shape index (κ1) is 9.11. The van der Waals surface area contributed by atoms with E-state index in [1.807, 2.05) is 11.8 Å². The van der Waals surface area contributed by atoms with Crippen molar-refractivity contribution in [1.29, 1.82) is 0 Å². The highest BCUT2D eigenvalue weighted by atomic mass is 32.2. The van der Waals surface area contributed by atoms with Gasteiger partial charge in [-0.2, -0.15) is 0 Å². The molecule has 0 saturated carbocycles. The van der Waals surface area contributed by atoms with E-state index in [0.717, 1.165) is 0 Å². The lowest BCUT2D eigenvalue weighted by molar-refractivity contribution is -0.496. The van der Waals surface area contributed by atoms with Crippen molar-refractivity contribution in [2.45, 2.75) is 32.1 Å². The third kappa shape index (κ3) is 2.86. The zero-order valence-corrected chi connectivity index (χ0v) is 8.41. The Morgan fingerprint density at radius 1 is 1.18 bits per heavy atom. The summed E-state index contributed by atoms with van der Waals surface area (Å²) in [6.45, 7) is 1.26. The van der Waals surface area contributed by atoms with Gasteiger partial charge in [0.25, 0.3) is 0 Å². The number of rotatable bonds is 0. The summed E-state index contributed by atoms with van der Waals surface area (Å²) in [7, 11) is 2.22. The summed E-state index contributed by atoms with van der Waals surface area (Å²) in [5.41, 5.74) is 0. The summed E-state index contributed by atoms with van der Waals surface area (Å²) in [5.74, 6) is 0.